The van der Waals surface area contributed by atoms with Gasteiger partial charge in [-0.25, -0.2) is 4.98 Å². The monoisotopic (exact) mass is 383 g/mol. The van der Waals surface area contributed by atoms with Crippen LogP contribution in [0.1, 0.15) is 17.0 Å². The molecule has 140 valence electrons. The van der Waals surface area contributed by atoms with Crippen molar-refractivity contribution in [3.63, 3.8) is 0 Å². The smallest absolute Gasteiger partial charge is 0.236 e. The molecular weight excluding hydrogens is 362 g/mol. The molecule has 1 amide bonds. The van der Waals surface area contributed by atoms with Gasteiger partial charge in [0.2, 0.25) is 5.91 Å². The summed E-state index contributed by atoms with van der Waals surface area (Å²) in [6.45, 7) is 1.91. The van der Waals surface area contributed by atoms with E-state index < -0.39 is 0 Å². The summed E-state index contributed by atoms with van der Waals surface area (Å²) in [6.07, 6.45) is 2.32. The first kappa shape index (κ1) is 18.9. The fourth-order valence-corrected chi connectivity index (χ4v) is 3.20. The molecule has 0 saturated carbocycles. The van der Waals surface area contributed by atoms with E-state index in [0.29, 0.717) is 17.4 Å². The molecule has 0 aliphatic carbocycles. The molecule has 0 fully saturated rings. The molecule has 0 bridgehead atoms. The largest absolute Gasteiger partial charge is 0.497 e. The Bertz CT molecular complexity index is 924. The van der Waals surface area contributed by atoms with Gasteiger partial charge >= 0.3 is 0 Å². The van der Waals surface area contributed by atoms with Crippen LogP contribution in [0, 0.1) is 6.92 Å². The number of carbonyl (C=O) groups is 1. The lowest BCUT2D eigenvalue weighted by atomic mass is 10.1. The average Bonchev–Trinajstić information content (AvgIpc) is 3.02. The van der Waals surface area contributed by atoms with Crippen LogP contribution < -0.4 is 10.1 Å². The van der Waals surface area contributed by atoms with Crippen molar-refractivity contribution < 1.29 is 9.53 Å². The molecular formula is C19H21N5O2S. The molecule has 27 heavy (non-hydrogen) atoms. The van der Waals surface area contributed by atoms with E-state index in [-0.39, 0.29) is 11.7 Å². The number of aryl methyl sites for hydroxylation is 1. The average molecular weight is 383 g/mol. The van der Waals surface area contributed by atoms with E-state index in [1.807, 2.05) is 54.9 Å². The van der Waals surface area contributed by atoms with Gasteiger partial charge in [-0.1, -0.05) is 30.0 Å². The third-order valence-electron chi connectivity index (χ3n) is 4.05. The summed E-state index contributed by atoms with van der Waals surface area (Å²) in [4.78, 5) is 16.3. The van der Waals surface area contributed by atoms with Crippen molar-refractivity contribution in [2.45, 2.75) is 18.5 Å². The molecule has 0 radical (unpaired) electrons. The zero-order chi connectivity index (χ0) is 19.2. The number of methoxy groups -OCH3 is 1. The second kappa shape index (κ2) is 8.68. The molecule has 3 rings (SSSR count). The molecule has 0 aliphatic heterocycles. The van der Waals surface area contributed by atoms with Gasteiger partial charge in [-0.2, -0.15) is 0 Å². The lowest BCUT2D eigenvalue weighted by molar-refractivity contribution is -0.113. The number of carbonyl (C=O) groups excluding carboxylic acids is 1. The molecule has 1 N–H and O–H groups in total. The first-order chi connectivity index (χ1) is 13.1. The highest BCUT2D eigenvalue weighted by Crippen LogP contribution is 2.19. The minimum atomic E-state index is -0.124. The van der Waals surface area contributed by atoms with E-state index in [0.717, 1.165) is 22.7 Å². The van der Waals surface area contributed by atoms with E-state index in [1.54, 1.807) is 13.3 Å². The normalized spacial score (nSPS) is 10.6. The molecule has 3 aromatic rings. The van der Waals surface area contributed by atoms with E-state index in [2.05, 4.69) is 20.5 Å². The Balaban J connectivity index is 1.58. The molecule has 0 saturated heterocycles. The van der Waals surface area contributed by atoms with Crippen molar-refractivity contribution >= 4 is 23.5 Å². The number of benzene rings is 1. The first-order valence-corrected chi connectivity index (χ1v) is 9.41. The fourth-order valence-electron chi connectivity index (χ4n) is 2.47. The van der Waals surface area contributed by atoms with Gasteiger partial charge in [0.05, 0.1) is 12.9 Å². The van der Waals surface area contributed by atoms with Crippen molar-refractivity contribution in [2.24, 2.45) is 7.05 Å². The molecule has 0 spiro atoms. The summed E-state index contributed by atoms with van der Waals surface area (Å²) in [7, 11) is 3.55. The van der Waals surface area contributed by atoms with Crippen LogP contribution in [0.5, 0.6) is 5.75 Å². The highest BCUT2D eigenvalue weighted by atomic mass is 32.2. The lowest BCUT2D eigenvalue weighted by Gasteiger charge is -2.07. The van der Waals surface area contributed by atoms with Crippen LogP contribution in [0.3, 0.4) is 0 Å². The van der Waals surface area contributed by atoms with Gasteiger partial charge in [0.1, 0.15) is 17.4 Å². The van der Waals surface area contributed by atoms with Gasteiger partial charge in [0.15, 0.2) is 5.16 Å². The number of ether oxygens (including phenoxy) is 1. The highest BCUT2D eigenvalue weighted by molar-refractivity contribution is 7.99. The van der Waals surface area contributed by atoms with E-state index in [9.17, 15) is 4.79 Å². The van der Waals surface area contributed by atoms with Crippen LogP contribution >= 0.6 is 11.8 Å². The summed E-state index contributed by atoms with van der Waals surface area (Å²) in [5.41, 5.74) is 2.04. The van der Waals surface area contributed by atoms with Crippen molar-refractivity contribution in [1.82, 2.24) is 19.7 Å². The number of amides is 1. The number of anilines is 1. The van der Waals surface area contributed by atoms with Crippen molar-refractivity contribution in [1.29, 1.82) is 0 Å². The van der Waals surface area contributed by atoms with Crippen LogP contribution in [-0.2, 0) is 18.3 Å². The summed E-state index contributed by atoms with van der Waals surface area (Å²) in [6, 6.07) is 11.6. The minimum Gasteiger partial charge on any atom is -0.497 e. The summed E-state index contributed by atoms with van der Waals surface area (Å²) in [5, 5.41) is 12.0. The number of nitrogens with one attached hydrogen (secondary N) is 1. The van der Waals surface area contributed by atoms with E-state index in [1.165, 1.54) is 11.8 Å². The van der Waals surface area contributed by atoms with E-state index >= 15 is 0 Å². The Kier molecular flexibility index (Phi) is 6.08. The third-order valence-corrected chi connectivity index (χ3v) is 5.07. The maximum absolute atomic E-state index is 12.2. The van der Waals surface area contributed by atoms with Gasteiger partial charge in [0, 0.05) is 19.7 Å². The van der Waals surface area contributed by atoms with E-state index in [4.69, 9.17) is 4.74 Å². The number of pyridine rings is 1. The number of aromatic nitrogens is 4. The number of rotatable bonds is 7. The standard InChI is InChI=1S/C19H21N5O2S/c1-13-5-4-10-20-18(13)21-17(25)12-27-19-23-22-16(24(19)2)11-14-6-8-15(26-3)9-7-14/h4-10H,11-12H2,1-3H3,(H,20,21,25). The zero-order valence-corrected chi connectivity index (χ0v) is 16.3. The lowest BCUT2D eigenvalue weighted by Crippen LogP contribution is -2.16. The molecule has 0 atom stereocenters. The highest BCUT2D eigenvalue weighted by Gasteiger charge is 2.13. The third kappa shape index (κ3) is 4.85. The quantitative estimate of drug-likeness (QED) is 0.632. The van der Waals surface area contributed by atoms with Crippen LogP contribution in [-0.4, -0.2) is 38.5 Å². The molecule has 1 aromatic carbocycles. The molecule has 0 aliphatic rings. The molecule has 0 unspecified atom stereocenters. The molecule has 2 aromatic heterocycles. The van der Waals surface area contributed by atoms with Crippen molar-refractivity contribution in [3.05, 3.63) is 59.5 Å². The number of hydrogen-bond donors (Lipinski definition) is 1. The van der Waals surface area contributed by atoms with Gasteiger partial charge in [0.25, 0.3) is 0 Å². The Morgan fingerprint density at radius 2 is 2.00 bits per heavy atom. The van der Waals surface area contributed by atoms with Gasteiger partial charge in [-0.3, -0.25) is 4.79 Å². The van der Waals surface area contributed by atoms with Gasteiger partial charge < -0.3 is 14.6 Å². The van der Waals surface area contributed by atoms with Crippen molar-refractivity contribution in [3.8, 4) is 5.75 Å². The fraction of sp³-hybridized carbons (Fsp3) is 0.263. The number of nitrogens with zero attached hydrogens (tertiary/aromatic N) is 4. The van der Waals surface area contributed by atoms with Crippen LogP contribution in [0.2, 0.25) is 0 Å². The Morgan fingerprint density at radius 3 is 2.70 bits per heavy atom. The Labute approximate surface area is 162 Å². The number of thioether (sulfide) groups is 1. The maximum atomic E-state index is 12.2. The maximum Gasteiger partial charge on any atom is 0.236 e. The Hall–Kier alpha value is -2.87. The number of hydrogen-bond acceptors (Lipinski definition) is 6. The topological polar surface area (TPSA) is 81.9 Å². The first-order valence-electron chi connectivity index (χ1n) is 8.42. The minimum absolute atomic E-state index is 0.124. The van der Waals surface area contributed by atoms with Crippen molar-refractivity contribution in [2.75, 3.05) is 18.2 Å². The van der Waals surface area contributed by atoms with Crippen LogP contribution in [0.15, 0.2) is 47.8 Å². The molecule has 7 nitrogen and oxygen atoms in total. The predicted molar refractivity (Wildman–Crippen MR) is 105 cm³/mol. The Morgan fingerprint density at radius 1 is 1.22 bits per heavy atom. The van der Waals surface area contributed by atoms with Gasteiger partial charge in [-0.15, -0.1) is 10.2 Å². The zero-order valence-electron chi connectivity index (χ0n) is 15.5. The van der Waals surface area contributed by atoms with Crippen LogP contribution in [0.4, 0.5) is 5.82 Å². The van der Waals surface area contributed by atoms with Gasteiger partial charge in [-0.05, 0) is 36.2 Å². The molecule has 8 heteroatoms. The SMILES string of the molecule is COc1ccc(Cc2nnc(SCC(=O)Nc3ncccc3C)n2C)cc1. The summed E-state index contributed by atoms with van der Waals surface area (Å²) in [5.74, 6) is 2.36. The van der Waals surface area contributed by atoms with Crippen LogP contribution in [0.25, 0.3) is 0 Å². The summed E-state index contributed by atoms with van der Waals surface area (Å²) >= 11 is 1.35. The summed E-state index contributed by atoms with van der Waals surface area (Å²) < 4.78 is 7.08. The second-order valence-corrected chi connectivity index (χ2v) is 6.93. The second-order valence-electron chi connectivity index (χ2n) is 5.99. The predicted octanol–water partition coefficient (Wildman–Crippen LogP) is 2.85. The molecule has 2 heterocycles.